The fraction of sp³-hybridized carbons (Fsp3) is 0.818. The highest BCUT2D eigenvalue weighted by Gasteiger charge is 2.19. The number of hydrogen-bond acceptors (Lipinski definition) is 3. The van der Waals surface area contributed by atoms with Crippen molar-refractivity contribution in [3.8, 4) is 0 Å². The van der Waals surface area contributed by atoms with E-state index in [1.165, 1.54) is 0 Å². The Morgan fingerprint density at radius 1 is 1.56 bits per heavy atom. The zero-order valence-electron chi connectivity index (χ0n) is 10.1. The molecule has 2 N–H and O–H groups in total. The summed E-state index contributed by atoms with van der Waals surface area (Å²) in [6.45, 7) is 6.86. The molecule has 1 saturated heterocycles. The molecule has 1 heterocycles. The van der Waals surface area contributed by atoms with Gasteiger partial charge in [-0.25, -0.2) is 0 Å². The second kappa shape index (κ2) is 6.48. The molecule has 0 spiro atoms. The van der Waals surface area contributed by atoms with E-state index >= 15 is 0 Å². The van der Waals surface area contributed by atoms with Crippen molar-refractivity contribution in [2.45, 2.75) is 20.3 Å². The quantitative estimate of drug-likeness (QED) is 0.670. The molecule has 0 aliphatic carbocycles. The number of rotatable bonds is 5. The van der Waals surface area contributed by atoms with Gasteiger partial charge in [0.05, 0.1) is 13.1 Å². The van der Waals surface area contributed by atoms with Crippen LogP contribution in [0.2, 0.25) is 0 Å². The summed E-state index contributed by atoms with van der Waals surface area (Å²) in [4.78, 5) is 24.5. The Morgan fingerprint density at radius 3 is 2.94 bits per heavy atom. The first-order chi connectivity index (χ1) is 7.59. The molecule has 1 aliphatic rings. The van der Waals surface area contributed by atoms with E-state index in [4.69, 9.17) is 0 Å². The first kappa shape index (κ1) is 13.0. The Hall–Kier alpha value is -1.10. The molecule has 5 heteroatoms. The molecule has 0 bridgehead atoms. The number of piperazine rings is 1. The smallest absolute Gasteiger partial charge is 0.239 e. The maximum atomic E-state index is 11.5. The summed E-state index contributed by atoms with van der Waals surface area (Å²) >= 11 is 0. The van der Waals surface area contributed by atoms with Gasteiger partial charge in [0.25, 0.3) is 0 Å². The molecule has 2 amide bonds. The van der Waals surface area contributed by atoms with E-state index in [0.29, 0.717) is 25.6 Å². The Kier molecular flexibility index (Phi) is 5.25. The van der Waals surface area contributed by atoms with Gasteiger partial charge in [0.2, 0.25) is 11.8 Å². The lowest BCUT2D eigenvalue weighted by Gasteiger charge is -2.26. The van der Waals surface area contributed by atoms with E-state index in [1.54, 1.807) is 4.90 Å². The highest BCUT2D eigenvalue weighted by molar-refractivity contribution is 5.86. The molecule has 0 aromatic rings. The van der Waals surface area contributed by atoms with Crippen molar-refractivity contribution in [2.24, 2.45) is 5.92 Å². The molecule has 0 atom stereocenters. The van der Waals surface area contributed by atoms with Crippen LogP contribution < -0.4 is 10.6 Å². The van der Waals surface area contributed by atoms with E-state index in [1.807, 2.05) is 0 Å². The predicted molar refractivity (Wildman–Crippen MR) is 61.9 cm³/mol. The maximum absolute atomic E-state index is 11.5. The molecule has 92 valence electrons. The van der Waals surface area contributed by atoms with Gasteiger partial charge in [0, 0.05) is 19.6 Å². The molecule has 0 unspecified atom stereocenters. The SMILES string of the molecule is CC(C)CCNC(=O)CN1CCNCC1=O. The van der Waals surface area contributed by atoms with Crippen LogP contribution in [0.1, 0.15) is 20.3 Å². The molecule has 16 heavy (non-hydrogen) atoms. The topological polar surface area (TPSA) is 61.4 Å². The zero-order chi connectivity index (χ0) is 12.0. The van der Waals surface area contributed by atoms with E-state index in [9.17, 15) is 9.59 Å². The van der Waals surface area contributed by atoms with Crippen LogP contribution >= 0.6 is 0 Å². The third kappa shape index (κ3) is 4.61. The van der Waals surface area contributed by atoms with Gasteiger partial charge in [-0.05, 0) is 12.3 Å². The van der Waals surface area contributed by atoms with Gasteiger partial charge in [-0.15, -0.1) is 0 Å². The molecule has 5 nitrogen and oxygen atoms in total. The number of carbonyl (C=O) groups excluding carboxylic acids is 2. The molecule has 1 rings (SSSR count). The number of nitrogens with zero attached hydrogens (tertiary/aromatic N) is 1. The molecular formula is C11H21N3O2. The van der Waals surface area contributed by atoms with E-state index in [-0.39, 0.29) is 18.4 Å². The first-order valence-electron chi connectivity index (χ1n) is 5.85. The lowest BCUT2D eigenvalue weighted by molar-refractivity contribution is -0.136. The van der Waals surface area contributed by atoms with Crippen LogP contribution in [0.25, 0.3) is 0 Å². The Bertz CT molecular complexity index is 254. The van der Waals surface area contributed by atoms with Gasteiger partial charge in [-0.2, -0.15) is 0 Å². The predicted octanol–water partition coefficient (Wildman–Crippen LogP) is -0.419. The minimum atomic E-state index is -0.0594. The van der Waals surface area contributed by atoms with Crippen LogP contribution in [0.3, 0.4) is 0 Å². The molecule has 0 radical (unpaired) electrons. The summed E-state index contributed by atoms with van der Waals surface area (Å²) in [5.74, 6) is 0.530. The van der Waals surface area contributed by atoms with Gasteiger partial charge in [-0.1, -0.05) is 13.8 Å². The summed E-state index contributed by atoms with van der Waals surface area (Å²) < 4.78 is 0. The molecule has 0 aromatic carbocycles. The van der Waals surface area contributed by atoms with Gasteiger partial charge in [0.1, 0.15) is 0 Å². The monoisotopic (exact) mass is 227 g/mol. The normalized spacial score (nSPS) is 16.7. The second-order valence-corrected chi connectivity index (χ2v) is 4.52. The number of hydrogen-bond donors (Lipinski definition) is 2. The highest BCUT2D eigenvalue weighted by Crippen LogP contribution is 1.97. The lowest BCUT2D eigenvalue weighted by atomic mass is 10.1. The Morgan fingerprint density at radius 2 is 2.31 bits per heavy atom. The number of carbonyl (C=O) groups is 2. The van der Waals surface area contributed by atoms with Gasteiger partial charge < -0.3 is 15.5 Å². The zero-order valence-corrected chi connectivity index (χ0v) is 10.1. The van der Waals surface area contributed by atoms with Crippen LogP contribution in [0, 0.1) is 5.92 Å². The molecule has 0 saturated carbocycles. The highest BCUT2D eigenvalue weighted by atomic mass is 16.2. The summed E-state index contributed by atoms with van der Waals surface area (Å²) in [6.07, 6.45) is 0.973. The fourth-order valence-corrected chi connectivity index (χ4v) is 1.54. The number of amides is 2. The standard InChI is InChI=1S/C11H21N3O2/c1-9(2)3-4-13-10(15)8-14-6-5-12-7-11(14)16/h9,12H,3-8H2,1-2H3,(H,13,15). The van der Waals surface area contributed by atoms with Crippen LogP contribution in [-0.2, 0) is 9.59 Å². The first-order valence-corrected chi connectivity index (χ1v) is 5.85. The Labute approximate surface area is 96.6 Å². The average Bonchev–Trinajstić information content (AvgIpc) is 2.21. The van der Waals surface area contributed by atoms with Crippen molar-refractivity contribution >= 4 is 11.8 Å². The molecule has 0 aromatic heterocycles. The molecule has 1 aliphatic heterocycles. The van der Waals surface area contributed by atoms with Gasteiger partial charge >= 0.3 is 0 Å². The van der Waals surface area contributed by atoms with E-state index < -0.39 is 0 Å². The van der Waals surface area contributed by atoms with Crippen molar-refractivity contribution in [3.63, 3.8) is 0 Å². The summed E-state index contributed by atoms with van der Waals surface area (Å²) in [5, 5.41) is 5.80. The average molecular weight is 227 g/mol. The maximum Gasteiger partial charge on any atom is 0.239 e. The lowest BCUT2D eigenvalue weighted by Crippen LogP contribution is -2.51. The second-order valence-electron chi connectivity index (χ2n) is 4.52. The van der Waals surface area contributed by atoms with E-state index in [2.05, 4.69) is 24.5 Å². The third-order valence-corrected chi connectivity index (χ3v) is 2.57. The van der Waals surface area contributed by atoms with Crippen molar-refractivity contribution in [2.75, 3.05) is 32.7 Å². The van der Waals surface area contributed by atoms with Crippen molar-refractivity contribution < 1.29 is 9.59 Å². The third-order valence-electron chi connectivity index (χ3n) is 2.57. The van der Waals surface area contributed by atoms with Crippen molar-refractivity contribution in [3.05, 3.63) is 0 Å². The molecular weight excluding hydrogens is 206 g/mol. The van der Waals surface area contributed by atoms with E-state index in [0.717, 1.165) is 13.0 Å². The minimum Gasteiger partial charge on any atom is -0.355 e. The largest absolute Gasteiger partial charge is 0.355 e. The van der Waals surface area contributed by atoms with Crippen molar-refractivity contribution in [1.82, 2.24) is 15.5 Å². The summed E-state index contributed by atoms with van der Waals surface area (Å²) in [6, 6.07) is 0. The fourth-order valence-electron chi connectivity index (χ4n) is 1.54. The van der Waals surface area contributed by atoms with Gasteiger partial charge in [-0.3, -0.25) is 9.59 Å². The summed E-state index contributed by atoms with van der Waals surface area (Å²) in [7, 11) is 0. The summed E-state index contributed by atoms with van der Waals surface area (Å²) in [5.41, 5.74) is 0. The minimum absolute atomic E-state index is 0.00487. The van der Waals surface area contributed by atoms with Crippen LogP contribution in [0.15, 0.2) is 0 Å². The van der Waals surface area contributed by atoms with Crippen LogP contribution in [0.5, 0.6) is 0 Å². The van der Waals surface area contributed by atoms with Crippen LogP contribution in [0.4, 0.5) is 0 Å². The number of nitrogens with one attached hydrogen (secondary N) is 2. The molecule has 1 fully saturated rings. The van der Waals surface area contributed by atoms with Crippen molar-refractivity contribution in [1.29, 1.82) is 0 Å². The Balaban J connectivity index is 2.20. The van der Waals surface area contributed by atoms with Crippen LogP contribution in [-0.4, -0.2) is 49.4 Å². The van der Waals surface area contributed by atoms with Gasteiger partial charge in [0.15, 0.2) is 0 Å².